The molecule has 0 aliphatic rings. The van der Waals surface area contributed by atoms with Crippen LogP contribution < -0.4 is 0 Å². The van der Waals surface area contributed by atoms with Crippen LogP contribution in [-0.4, -0.2) is 25.8 Å². The molecule has 20 heavy (non-hydrogen) atoms. The molecule has 2 aromatic heterocycles. The predicted octanol–water partition coefficient (Wildman–Crippen LogP) is 3.53. The molecule has 0 aliphatic heterocycles. The molecule has 0 amide bonds. The number of nitrogens with zero attached hydrogens (tertiary/aromatic N) is 3. The van der Waals surface area contributed by atoms with Crippen molar-refractivity contribution >= 4 is 44.4 Å². The van der Waals surface area contributed by atoms with Crippen LogP contribution in [0.3, 0.4) is 0 Å². The molecule has 5 nitrogen and oxygen atoms in total. The number of rotatable bonds is 2. The Kier molecular flexibility index (Phi) is 3.19. The maximum Gasteiger partial charge on any atom is 0.357 e. The van der Waals surface area contributed by atoms with Crippen LogP contribution in [0.2, 0.25) is 5.15 Å². The molecule has 7 heteroatoms. The number of carboxylic acid groups (broad SMARTS) is 1. The molecule has 0 fully saturated rings. The first-order valence-corrected chi connectivity index (χ1v) is 6.77. The molecule has 0 saturated carbocycles. The Balaban J connectivity index is 2.35. The van der Waals surface area contributed by atoms with Gasteiger partial charge >= 0.3 is 5.97 Å². The summed E-state index contributed by atoms with van der Waals surface area (Å²) in [4.78, 5) is 15.2. The Morgan fingerprint density at radius 1 is 1.35 bits per heavy atom. The second kappa shape index (κ2) is 4.88. The van der Waals surface area contributed by atoms with Crippen LogP contribution in [0.5, 0.6) is 0 Å². The number of hydrogen-bond donors (Lipinski definition) is 1. The lowest BCUT2D eigenvalue weighted by Crippen LogP contribution is -2.01. The van der Waals surface area contributed by atoms with Crippen molar-refractivity contribution in [2.75, 3.05) is 0 Å². The fourth-order valence-corrected chi connectivity index (χ4v) is 2.49. The van der Waals surface area contributed by atoms with Gasteiger partial charge in [0.25, 0.3) is 0 Å². The van der Waals surface area contributed by atoms with E-state index in [2.05, 4.69) is 26.0 Å². The lowest BCUT2D eigenvalue weighted by molar-refractivity contribution is 0.0692. The maximum absolute atomic E-state index is 11.3. The number of aromatic carboxylic acids is 1. The Labute approximate surface area is 126 Å². The van der Waals surface area contributed by atoms with Gasteiger partial charge in [-0.25, -0.2) is 14.5 Å². The van der Waals surface area contributed by atoms with Crippen molar-refractivity contribution in [2.45, 2.75) is 0 Å². The Hall–Kier alpha value is -1.92. The van der Waals surface area contributed by atoms with Crippen molar-refractivity contribution in [2.24, 2.45) is 0 Å². The largest absolute Gasteiger partial charge is 0.476 e. The number of fused-ring (bicyclic) bond motifs is 1. The molecule has 0 radical (unpaired) electrons. The highest BCUT2D eigenvalue weighted by molar-refractivity contribution is 9.10. The minimum atomic E-state index is -1.10. The van der Waals surface area contributed by atoms with Crippen LogP contribution in [0.4, 0.5) is 0 Å². The summed E-state index contributed by atoms with van der Waals surface area (Å²) in [6.45, 7) is 0. The highest BCUT2D eigenvalue weighted by Crippen LogP contribution is 2.25. The molecule has 0 bridgehead atoms. The number of hydrogen-bond acceptors (Lipinski definition) is 3. The molecule has 1 aromatic carbocycles. The second-order valence-electron chi connectivity index (χ2n) is 4.07. The van der Waals surface area contributed by atoms with Gasteiger partial charge in [-0.15, -0.1) is 0 Å². The van der Waals surface area contributed by atoms with Gasteiger partial charge in [0, 0.05) is 16.7 Å². The molecule has 0 atom stereocenters. The first-order valence-electron chi connectivity index (χ1n) is 5.60. The summed E-state index contributed by atoms with van der Waals surface area (Å²) >= 11 is 9.27. The molecule has 100 valence electrons. The summed E-state index contributed by atoms with van der Waals surface area (Å²) in [5, 5.41) is 14.1. The number of carbonyl (C=O) groups is 1. The summed E-state index contributed by atoms with van der Waals surface area (Å²) in [6.07, 6.45) is 1.42. The predicted molar refractivity (Wildman–Crippen MR) is 78.5 cm³/mol. The van der Waals surface area contributed by atoms with Crippen molar-refractivity contribution < 1.29 is 9.90 Å². The smallest absolute Gasteiger partial charge is 0.357 e. The number of carboxylic acids is 1. The number of benzene rings is 1. The Morgan fingerprint density at radius 2 is 2.15 bits per heavy atom. The molecular formula is C13H7BrClN3O2. The number of halogens is 2. The van der Waals surface area contributed by atoms with E-state index >= 15 is 0 Å². The van der Waals surface area contributed by atoms with Crippen molar-refractivity contribution in [1.29, 1.82) is 0 Å². The zero-order valence-electron chi connectivity index (χ0n) is 9.92. The SMILES string of the molecule is O=C(O)c1nn(-c2cccc(Br)c2)c2cc(Cl)ncc12. The average molecular weight is 353 g/mol. The molecule has 0 unspecified atom stereocenters. The molecule has 1 N–H and O–H groups in total. The quantitative estimate of drug-likeness (QED) is 0.716. The number of aromatic nitrogens is 3. The van der Waals surface area contributed by atoms with E-state index in [1.165, 1.54) is 10.9 Å². The van der Waals surface area contributed by atoms with Gasteiger partial charge in [-0.05, 0) is 18.2 Å². The van der Waals surface area contributed by atoms with Crippen molar-refractivity contribution in [3.8, 4) is 5.69 Å². The third-order valence-corrected chi connectivity index (χ3v) is 3.49. The first-order chi connectivity index (χ1) is 9.56. The summed E-state index contributed by atoms with van der Waals surface area (Å²) in [7, 11) is 0. The Morgan fingerprint density at radius 3 is 2.85 bits per heavy atom. The van der Waals surface area contributed by atoms with E-state index in [1.54, 1.807) is 6.07 Å². The molecular weight excluding hydrogens is 346 g/mol. The van der Waals surface area contributed by atoms with E-state index in [4.69, 9.17) is 11.6 Å². The van der Waals surface area contributed by atoms with Gasteiger partial charge in [-0.3, -0.25) is 0 Å². The zero-order valence-corrected chi connectivity index (χ0v) is 12.3. The Bertz CT molecular complexity index is 832. The van der Waals surface area contributed by atoms with Crippen LogP contribution in [-0.2, 0) is 0 Å². The minimum absolute atomic E-state index is 0.0517. The maximum atomic E-state index is 11.3. The summed E-state index contributed by atoms with van der Waals surface area (Å²) in [6, 6.07) is 8.98. The van der Waals surface area contributed by atoms with E-state index < -0.39 is 5.97 Å². The monoisotopic (exact) mass is 351 g/mol. The topological polar surface area (TPSA) is 68.0 Å². The first kappa shape index (κ1) is 13.1. The molecule has 3 rings (SSSR count). The lowest BCUT2D eigenvalue weighted by Gasteiger charge is -2.03. The van der Waals surface area contributed by atoms with E-state index in [1.807, 2.05) is 24.3 Å². The zero-order chi connectivity index (χ0) is 14.3. The van der Waals surface area contributed by atoms with Crippen LogP contribution in [0.15, 0.2) is 41.0 Å². The van der Waals surface area contributed by atoms with Crippen LogP contribution in [0.1, 0.15) is 10.5 Å². The van der Waals surface area contributed by atoms with Crippen LogP contribution in [0, 0.1) is 0 Å². The van der Waals surface area contributed by atoms with Gasteiger partial charge in [0.2, 0.25) is 0 Å². The van der Waals surface area contributed by atoms with Gasteiger partial charge in [0.05, 0.1) is 16.6 Å². The molecule has 0 aliphatic carbocycles. The van der Waals surface area contributed by atoms with Gasteiger partial charge in [-0.2, -0.15) is 5.10 Å². The normalized spacial score (nSPS) is 10.9. The van der Waals surface area contributed by atoms with E-state index in [0.717, 1.165) is 10.2 Å². The van der Waals surface area contributed by atoms with Gasteiger partial charge < -0.3 is 5.11 Å². The summed E-state index contributed by atoms with van der Waals surface area (Å²) in [5.74, 6) is -1.10. The highest BCUT2D eigenvalue weighted by atomic mass is 79.9. The van der Waals surface area contributed by atoms with Gasteiger partial charge in [0.1, 0.15) is 5.15 Å². The second-order valence-corrected chi connectivity index (χ2v) is 5.37. The molecule has 3 aromatic rings. The summed E-state index contributed by atoms with van der Waals surface area (Å²) < 4.78 is 2.41. The number of pyridine rings is 1. The third kappa shape index (κ3) is 2.17. The fraction of sp³-hybridized carbons (Fsp3) is 0. The van der Waals surface area contributed by atoms with Gasteiger partial charge in [0.15, 0.2) is 5.69 Å². The van der Waals surface area contributed by atoms with Crippen LogP contribution >= 0.6 is 27.5 Å². The van der Waals surface area contributed by atoms with E-state index in [9.17, 15) is 9.90 Å². The minimum Gasteiger partial charge on any atom is -0.476 e. The highest BCUT2D eigenvalue weighted by Gasteiger charge is 2.18. The lowest BCUT2D eigenvalue weighted by atomic mass is 10.2. The van der Waals surface area contributed by atoms with Crippen molar-refractivity contribution in [3.63, 3.8) is 0 Å². The van der Waals surface area contributed by atoms with Crippen molar-refractivity contribution in [1.82, 2.24) is 14.8 Å². The third-order valence-electron chi connectivity index (χ3n) is 2.79. The fourth-order valence-electron chi connectivity index (χ4n) is 1.95. The average Bonchev–Trinajstić information content (AvgIpc) is 2.77. The molecule has 0 saturated heterocycles. The standard InChI is InChI=1S/C13H7BrClN3O2/c14-7-2-1-3-8(4-7)18-10-5-11(15)16-6-9(10)12(17-18)13(19)20/h1-6H,(H,19,20). The molecule has 2 heterocycles. The van der Waals surface area contributed by atoms with E-state index in [0.29, 0.717) is 10.9 Å². The molecule has 0 spiro atoms. The van der Waals surface area contributed by atoms with E-state index in [-0.39, 0.29) is 10.8 Å². The van der Waals surface area contributed by atoms with Crippen molar-refractivity contribution in [3.05, 3.63) is 51.8 Å². The van der Waals surface area contributed by atoms with Gasteiger partial charge in [-0.1, -0.05) is 33.6 Å². The van der Waals surface area contributed by atoms with Crippen LogP contribution in [0.25, 0.3) is 16.6 Å². The summed E-state index contributed by atoms with van der Waals surface area (Å²) in [5.41, 5.74) is 1.28.